The van der Waals surface area contributed by atoms with Gasteiger partial charge in [0.1, 0.15) is 0 Å². The van der Waals surface area contributed by atoms with Gasteiger partial charge in [-0.1, -0.05) is 48.5 Å². The number of aryl methyl sites for hydroxylation is 1. The minimum absolute atomic E-state index is 0.376. The van der Waals surface area contributed by atoms with Gasteiger partial charge in [-0.15, -0.1) is 0 Å². The van der Waals surface area contributed by atoms with Gasteiger partial charge in [0.2, 0.25) is 0 Å². The van der Waals surface area contributed by atoms with E-state index in [0.717, 1.165) is 30.3 Å². The van der Waals surface area contributed by atoms with Gasteiger partial charge in [0.05, 0.1) is 11.6 Å². The minimum atomic E-state index is -0.376. The summed E-state index contributed by atoms with van der Waals surface area (Å²) in [5.41, 5.74) is 3.34. The van der Waals surface area contributed by atoms with Crippen LogP contribution in [0.3, 0.4) is 0 Å². The summed E-state index contributed by atoms with van der Waals surface area (Å²) < 4.78 is 0. The average molecular weight is 277 g/mol. The van der Waals surface area contributed by atoms with Gasteiger partial charge >= 0.3 is 0 Å². The third kappa shape index (κ3) is 3.29. The van der Waals surface area contributed by atoms with Crippen molar-refractivity contribution in [3.05, 3.63) is 78.0 Å². The second-order valence-electron chi connectivity index (χ2n) is 5.31. The monoisotopic (exact) mass is 277 g/mol. The van der Waals surface area contributed by atoms with Gasteiger partial charge in [-0.25, -0.2) is 0 Å². The number of fused-ring (bicyclic) bond motifs is 1. The Morgan fingerprint density at radius 2 is 1.67 bits per heavy atom. The van der Waals surface area contributed by atoms with Crippen LogP contribution in [-0.2, 0) is 6.42 Å². The number of hydrogen-bond donors (Lipinski definition) is 1. The predicted octanol–water partition coefficient (Wildman–Crippen LogP) is 4.29. The van der Waals surface area contributed by atoms with E-state index in [1.165, 1.54) is 10.9 Å². The van der Waals surface area contributed by atoms with Crippen LogP contribution in [0.4, 0.5) is 0 Å². The summed E-state index contributed by atoms with van der Waals surface area (Å²) in [5.74, 6) is 0. The van der Waals surface area contributed by atoms with E-state index in [1.807, 2.05) is 54.7 Å². The highest BCUT2D eigenvalue weighted by Crippen LogP contribution is 2.22. The van der Waals surface area contributed by atoms with Crippen LogP contribution in [0.1, 0.15) is 30.1 Å². The Labute approximate surface area is 125 Å². The molecular formula is C19H19NO. The molecule has 1 heterocycles. The van der Waals surface area contributed by atoms with Crippen molar-refractivity contribution in [3.63, 3.8) is 0 Å². The fourth-order valence-electron chi connectivity index (χ4n) is 2.70. The maximum absolute atomic E-state index is 10.2. The third-order valence-corrected chi connectivity index (χ3v) is 3.85. The Hall–Kier alpha value is -2.19. The van der Waals surface area contributed by atoms with Gasteiger partial charge in [0, 0.05) is 11.6 Å². The highest BCUT2D eigenvalue weighted by molar-refractivity contribution is 5.81. The Balaban J connectivity index is 1.65. The van der Waals surface area contributed by atoms with E-state index in [9.17, 15) is 5.11 Å². The van der Waals surface area contributed by atoms with E-state index in [-0.39, 0.29) is 6.10 Å². The van der Waals surface area contributed by atoms with Crippen molar-refractivity contribution in [1.29, 1.82) is 0 Å². The summed E-state index contributed by atoms with van der Waals surface area (Å²) >= 11 is 0. The van der Waals surface area contributed by atoms with E-state index >= 15 is 0 Å². The topological polar surface area (TPSA) is 33.1 Å². The molecule has 0 saturated heterocycles. The van der Waals surface area contributed by atoms with Crippen LogP contribution >= 0.6 is 0 Å². The number of aliphatic hydroxyl groups excluding tert-OH is 1. The van der Waals surface area contributed by atoms with Crippen LogP contribution in [0, 0.1) is 0 Å². The number of para-hydroxylation sites is 1. The number of nitrogens with zero attached hydrogens (tertiary/aromatic N) is 1. The number of pyridine rings is 1. The van der Waals surface area contributed by atoms with Crippen molar-refractivity contribution >= 4 is 10.9 Å². The molecule has 1 N–H and O–H groups in total. The molecule has 2 heteroatoms. The molecule has 21 heavy (non-hydrogen) atoms. The zero-order valence-electron chi connectivity index (χ0n) is 11.9. The first kappa shape index (κ1) is 13.8. The summed E-state index contributed by atoms with van der Waals surface area (Å²) in [6.07, 6.45) is 4.20. The normalized spacial score (nSPS) is 12.4. The lowest BCUT2D eigenvalue weighted by Crippen LogP contribution is -1.98. The number of rotatable bonds is 5. The first-order chi connectivity index (χ1) is 10.3. The van der Waals surface area contributed by atoms with E-state index < -0.39 is 0 Å². The number of aromatic nitrogens is 1. The summed E-state index contributed by atoms with van der Waals surface area (Å²) in [6, 6.07) is 20.2. The van der Waals surface area contributed by atoms with Gasteiger partial charge < -0.3 is 5.11 Å². The fraction of sp³-hybridized carbons (Fsp3) is 0.211. The van der Waals surface area contributed by atoms with Crippen LogP contribution in [0.15, 0.2) is 66.9 Å². The smallest absolute Gasteiger partial charge is 0.0790 e. The molecule has 2 nitrogen and oxygen atoms in total. The predicted molar refractivity (Wildman–Crippen MR) is 86.1 cm³/mol. The fourth-order valence-corrected chi connectivity index (χ4v) is 2.70. The molecule has 106 valence electrons. The second kappa shape index (κ2) is 6.51. The quantitative estimate of drug-likeness (QED) is 0.754. The van der Waals surface area contributed by atoms with Gasteiger partial charge in [-0.3, -0.25) is 4.98 Å². The largest absolute Gasteiger partial charge is 0.388 e. The van der Waals surface area contributed by atoms with E-state index in [4.69, 9.17) is 0 Å². The van der Waals surface area contributed by atoms with E-state index in [0.29, 0.717) is 0 Å². The lowest BCUT2D eigenvalue weighted by atomic mass is 9.99. The van der Waals surface area contributed by atoms with Crippen molar-refractivity contribution in [3.8, 4) is 0 Å². The highest BCUT2D eigenvalue weighted by atomic mass is 16.3. The minimum Gasteiger partial charge on any atom is -0.388 e. The van der Waals surface area contributed by atoms with Crippen molar-refractivity contribution in [2.24, 2.45) is 0 Å². The lowest BCUT2D eigenvalue weighted by molar-refractivity contribution is 0.165. The molecule has 0 aliphatic heterocycles. The molecule has 1 unspecified atom stereocenters. The van der Waals surface area contributed by atoms with E-state index in [2.05, 4.69) is 17.1 Å². The lowest BCUT2D eigenvalue weighted by Gasteiger charge is -2.11. The number of hydrogen-bond acceptors (Lipinski definition) is 2. The summed E-state index contributed by atoms with van der Waals surface area (Å²) in [5, 5.41) is 11.4. The zero-order chi connectivity index (χ0) is 14.5. The summed E-state index contributed by atoms with van der Waals surface area (Å²) in [7, 11) is 0. The SMILES string of the molecule is OC(CCCc1ccnc2ccccc12)c1ccccc1. The van der Waals surface area contributed by atoms with Crippen molar-refractivity contribution in [2.75, 3.05) is 0 Å². The van der Waals surface area contributed by atoms with E-state index in [1.54, 1.807) is 0 Å². The highest BCUT2D eigenvalue weighted by Gasteiger charge is 2.07. The molecule has 1 atom stereocenters. The molecule has 0 amide bonds. The molecular weight excluding hydrogens is 258 g/mol. The molecule has 0 fully saturated rings. The maximum atomic E-state index is 10.2. The third-order valence-electron chi connectivity index (χ3n) is 3.85. The van der Waals surface area contributed by atoms with Gasteiger partial charge in [0.15, 0.2) is 0 Å². The summed E-state index contributed by atoms with van der Waals surface area (Å²) in [4.78, 5) is 4.38. The number of benzene rings is 2. The molecule has 0 aliphatic carbocycles. The molecule has 0 spiro atoms. The standard InChI is InChI=1S/C19H19NO/c21-19(16-7-2-1-3-8-16)12-6-9-15-13-14-20-18-11-5-4-10-17(15)18/h1-5,7-8,10-11,13-14,19,21H,6,9,12H2. The van der Waals surface area contributed by atoms with Crippen molar-refractivity contribution in [1.82, 2.24) is 4.98 Å². The van der Waals surface area contributed by atoms with Crippen LogP contribution in [0.25, 0.3) is 10.9 Å². The van der Waals surface area contributed by atoms with Crippen molar-refractivity contribution in [2.45, 2.75) is 25.4 Å². The van der Waals surface area contributed by atoms with Crippen LogP contribution < -0.4 is 0 Å². The number of aliphatic hydroxyl groups is 1. The zero-order valence-corrected chi connectivity index (χ0v) is 11.9. The molecule has 0 saturated carbocycles. The Bertz CT molecular complexity index is 704. The Morgan fingerprint density at radius 3 is 2.52 bits per heavy atom. The first-order valence-corrected chi connectivity index (χ1v) is 7.40. The Morgan fingerprint density at radius 1 is 0.905 bits per heavy atom. The molecule has 2 aromatic carbocycles. The van der Waals surface area contributed by atoms with Gasteiger partial charge in [0.25, 0.3) is 0 Å². The molecule has 3 aromatic rings. The maximum Gasteiger partial charge on any atom is 0.0790 e. The molecule has 0 bridgehead atoms. The van der Waals surface area contributed by atoms with Crippen molar-refractivity contribution < 1.29 is 5.11 Å². The van der Waals surface area contributed by atoms with Gasteiger partial charge in [-0.05, 0) is 42.5 Å². The average Bonchev–Trinajstić information content (AvgIpc) is 2.56. The molecule has 0 aliphatic rings. The molecule has 3 rings (SSSR count). The second-order valence-corrected chi connectivity index (χ2v) is 5.31. The van der Waals surface area contributed by atoms with Crippen LogP contribution in [-0.4, -0.2) is 10.1 Å². The first-order valence-electron chi connectivity index (χ1n) is 7.40. The summed E-state index contributed by atoms with van der Waals surface area (Å²) in [6.45, 7) is 0. The van der Waals surface area contributed by atoms with Gasteiger partial charge in [-0.2, -0.15) is 0 Å². The molecule has 0 radical (unpaired) electrons. The van der Waals surface area contributed by atoms with Crippen LogP contribution in [0.2, 0.25) is 0 Å². The molecule has 1 aromatic heterocycles. The van der Waals surface area contributed by atoms with Crippen LogP contribution in [0.5, 0.6) is 0 Å². The Kier molecular flexibility index (Phi) is 4.27.